The van der Waals surface area contributed by atoms with E-state index in [0.717, 1.165) is 0 Å². The molecule has 3 rings (SSSR count). The van der Waals surface area contributed by atoms with Crippen LogP contribution in [0, 0.1) is 12.7 Å². The Morgan fingerprint density at radius 3 is 2.41 bits per heavy atom. The van der Waals surface area contributed by atoms with Gasteiger partial charge < -0.3 is 5.32 Å². The third-order valence-corrected chi connectivity index (χ3v) is 5.55. The number of anilines is 1. The topological polar surface area (TPSA) is 119 Å². The van der Waals surface area contributed by atoms with Crippen LogP contribution in [-0.2, 0) is 10.0 Å². The average molecular weight is 418 g/mol. The number of nitrogens with one attached hydrogen (secondary N) is 2. The van der Waals surface area contributed by atoms with Crippen molar-refractivity contribution in [2.75, 3.05) is 5.32 Å². The summed E-state index contributed by atoms with van der Waals surface area (Å²) in [5.41, 5.74) is 0.670. The molecule has 0 saturated carbocycles. The van der Waals surface area contributed by atoms with E-state index in [1.165, 1.54) is 47.1 Å². The Morgan fingerprint density at radius 1 is 1.14 bits per heavy atom. The van der Waals surface area contributed by atoms with Gasteiger partial charge in [-0.05, 0) is 73.7 Å². The van der Waals surface area contributed by atoms with Gasteiger partial charge in [0.1, 0.15) is 11.5 Å². The molecule has 0 aliphatic rings. The Morgan fingerprint density at radius 2 is 1.83 bits per heavy atom. The number of halogens is 1. The Labute approximate surface area is 167 Å². The van der Waals surface area contributed by atoms with Crippen LogP contribution in [-0.4, -0.2) is 40.6 Å². The third-order valence-electron chi connectivity index (χ3n) is 3.88. The van der Waals surface area contributed by atoms with Gasteiger partial charge in [0.25, 0.3) is 5.91 Å². The van der Waals surface area contributed by atoms with Gasteiger partial charge in [0, 0.05) is 17.3 Å². The molecule has 0 aliphatic carbocycles. The highest BCUT2D eigenvalue weighted by atomic mass is 32.2. The maximum Gasteiger partial charge on any atom is 0.255 e. The van der Waals surface area contributed by atoms with Gasteiger partial charge in [-0.1, -0.05) is 0 Å². The number of benzene rings is 2. The lowest BCUT2D eigenvalue weighted by Crippen LogP contribution is -2.30. The smallest absolute Gasteiger partial charge is 0.255 e. The van der Waals surface area contributed by atoms with E-state index in [1.807, 2.05) is 0 Å². The number of aromatic nitrogens is 4. The lowest BCUT2D eigenvalue weighted by molar-refractivity contribution is 0.102. The molecule has 29 heavy (non-hydrogen) atoms. The Hall–Kier alpha value is -3.18. The number of carbonyl (C=O) groups excluding carboxylic acids is 1. The minimum absolute atomic E-state index is 0.0565. The first-order chi connectivity index (χ1) is 13.7. The van der Waals surface area contributed by atoms with E-state index >= 15 is 0 Å². The van der Waals surface area contributed by atoms with Crippen molar-refractivity contribution < 1.29 is 17.6 Å². The second-order valence-corrected chi connectivity index (χ2v) is 8.27. The molecule has 0 unspecified atom stereocenters. The molecule has 2 N–H and O–H groups in total. The molecule has 1 heterocycles. The number of hydrogen-bond donors (Lipinski definition) is 2. The Kier molecular flexibility index (Phi) is 5.71. The van der Waals surface area contributed by atoms with E-state index in [4.69, 9.17) is 0 Å². The van der Waals surface area contributed by atoms with Gasteiger partial charge in [-0.15, -0.1) is 5.10 Å². The number of nitrogens with zero attached hydrogens (tertiary/aromatic N) is 4. The normalized spacial score (nSPS) is 11.6. The number of rotatable bonds is 6. The molecule has 3 aromatic rings. The molecule has 152 valence electrons. The zero-order valence-electron chi connectivity index (χ0n) is 15.9. The summed E-state index contributed by atoms with van der Waals surface area (Å²) >= 11 is 0. The van der Waals surface area contributed by atoms with Crippen LogP contribution in [0.25, 0.3) is 5.69 Å². The summed E-state index contributed by atoms with van der Waals surface area (Å²) in [6.07, 6.45) is 0. The van der Waals surface area contributed by atoms with Crippen LogP contribution >= 0.6 is 0 Å². The van der Waals surface area contributed by atoms with Gasteiger partial charge in [-0.25, -0.2) is 17.5 Å². The molecule has 11 heteroatoms. The highest BCUT2D eigenvalue weighted by Gasteiger charge is 2.17. The first-order valence-electron chi connectivity index (χ1n) is 8.66. The number of tetrazole rings is 1. The van der Waals surface area contributed by atoms with E-state index in [-0.39, 0.29) is 22.2 Å². The van der Waals surface area contributed by atoms with Crippen molar-refractivity contribution in [2.24, 2.45) is 0 Å². The molecule has 0 radical (unpaired) electrons. The standard InChI is InChI=1S/C18H19FN6O3S/c1-11(2)22-29(27,28)15-7-4-13(5-8-15)18(26)20-14-6-9-16(19)17(10-14)25-12(3)21-23-24-25/h4-11,22H,1-3H3,(H,20,26). The van der Waals surface area contributed by atoms with Gasteiger partial charge in [-0.3, -0.25) is 4.79 Å². The maximum atomic E-state index is 14.1. The van der Waals surface area contributed by atoms with E-state index in [1.54, 1.807) is 20.8 Å². The number of amides is 1. The van der Waals surface area contributed by atoms with Crippen LogP contribution in [0.1, 0.15) is 30.0 Å². The summed E-state index contributed by atoms with van der Waals surface area (Å²) in [6.45, 7) is 5.05. The summed E-state index contributed by atoms with van der Waals surface area (Å²) < 4.78 is 42.1. The second-order valence-electron chi connectivity index (χ2n) is 6.56. The third kappa shape index (κ3) is 4.63. The minimum atomic E-state index is -3.65. The molecule has 0 spiro atoms. The highest BCUT2D eigenvalue weighted by molar-refractivity contribution is 7.89. The van der Waals surface area contributed by atoms with E-state index in [2.05, 4.69) is 25.6 Å². The number of hydrogen-bond acceptors (Lipinski definition) is 6. The number of carbonyl (C=O) groups is 1. The molecule has 0 aliphatic heterocycles. The monoisotopic (exact) mass is 418 g/mol. The van der Waals surface area contributed by atoms with Crippen LogP contribution in [0.4, 0.5) is 10.1 Å². The molecule has 2 aromatic carbocycles. The molecular formula is C18H19FN6O3S. The van der Waals surface area contributed by atoms with Gasteiger partial charge in [-0.2, -0.15) is 4.68 Å². The van der Waals surface area contributed by atoms with Crippen molar-refractivity contribution in [3.8, 4) is 5.69 Å². The van der Waals surface area contributed by atoms with E-state index < -0.39 is 21.7 Å². The van der Waals surface area contributed by atoms with Gasteiger partial charge in [0.2, 0.25) is 10.0 Å². The van der Waals surface area contributed by atoms with Crippen LogP contribution in [0.3, 0.4) is 0 Å². The Balaban J connectivity index is 1.80. The van der Waals surface area contributed by atoms with E-state index in [0.29, 0.717) is 11.5 Å². The van der Waals surface area contributed by atoms with Gasteiger partial charge in [0.15, 0.2) is 5.82 Å². The summed E-state index contributed by atoms with van der Waals surface area (Å²) in [5, 5.41) is 13.6. The van der Waals surface area contributed by atoms with E-state index in [9.17, 15) is 17.6 Å². The minimum Gasteiger partial charge on any atom is -0.322 e. The highest BCUT2D eigenvalue weighted by Crippen LogP contribution is 2.20. The van der Waals surface area contributed by atoms with Crippen molar-refractivity contribution in [1.82, 2.24) is 24.9 Å². The van der Waals surface area contributed by atoms with Crippen molar-refractivity contribution in [2.45, 2.75) is 31.7 Å². The fourth-order valence-electron chi connectivity index (χ4n) is 2.57. The molecular weight excluding hydrogens is 399 g/mol. The van der Waals surface area contributed by atoms with Crippen molar-refractivity contribution in [3.63, 3.8) is 0 Å². The molecule has 0 fully saturated rings. The van der Waals surface area contributed by atoms with Gasteiger partial charge >= 0.3 is 0 Å². The zero-order valence-corrected chi connectivity index (χ0v) is 16.7. The van der Waals surface area contributed by atoms with Crippen molar-refractivity contribution in [3.05, 3.63) is 59.7 Å². The summed E-state index contributed by atoms with van der Waals surface area (Å²) in [7, 11) is -3.65. The second kappa shape index (κ2) is 8.05. The molecule has 1 amide bonds. The Bertz CT molecular complexity index is 1140. The quantitative estimate of drug-likeness (QED) is 0.632. The summed E-state index contributed by atoms with van der Waals surface area (Å²) in [5.74, 6) is -0.637. The maximum absolute atomic E-state index is 14.1. The molecule has 0 saturated heterocycles. The van der Waals surface area contributed by atoms with Crippen LogP contribution < -0.4 is 10.0 Å². The van der Waals surface area contributed by atoms with Gasteiger partial charge in [0.05, 0.1) is 4.90 Å². The molecule has 1 aromatic heterocycles. The average Bonchev–Trinajstić information content (AvgIpc) is 3.08. The van der Waals surface area contributed by atoms with Crippen molar-refractivity contribution >= 4 is 21.6 Å². The number of sulfonamides is 1. The molecule has 9 nitrogen and oxygen atoms in total. The van der Waals surface area contributed by atoms with Crippen LogP contribution in [0.2, 0.25) is 0 Å². The van der Waals surface area contributed by atoms with Crippen LogP contribution in [0.15, 0.2) is 47.4 Å². The first-order valence-corrected chi connectivity index (χ1v) is 10.1. The first kappa shape index (κ1) is 20.6. The largest absolute Gasteiger partial charge is 0.322 e. The lowest BCUT2D eigenvalue weighted by Gasteiger charge is -2.11. The fourth-order valence-corrected chi connectivity index (χ4v) is 3.83. The predicted octanol–water partition coefficient (Wildman–Crippen LogP) is 2.05. The fraction of sp³-hybridized carbons (Fsp3) is 0.222. The zero-order chi connectivity index (χ0) is 21.2. The van der Waals surface area contributed by atoms with Crippen molar-refractivity contribution in [1.29, 1.82) is 0 Å². The summed E-state index contributed by atoms with van der Waals surface area (Å²) in [4.78, 5) is 12.5. The van der Waals surface area contributed by atoms with Crippen LogP contribution in [0.5, 0.6) is 0 Å². The predicted molar refractivity (Wildman–Crippen MR) is 104 cm³/mol. The summed E-state index contributed by atoms with van der Waals surface area (Å²) in [6, 6.07) is 9.25. The SMILES string of the molecule is Cc1nnnn1-c1cc(NC(=O)c2ccc(S(=O)(=O)NC(C)C)cc2)ccc1F. The lowest BCUT2D eigenvalue weighted by atomic mass is 10.2. The number of aryl methyl sites for hydroxylation is 1. The molecule has 0 atom stereocenters. The molecule has 0 bridgehead atoms.